The van der Waals surface area contributed by atoms with E-state index in [1.165, 1.54) is 96.3 Å². The summed E-state index contributed by atoms with van der Waals surface area (Å²) in [7, 11) is -9.80. The number of aliphatic hydroxyl groups excluding tert-OH is 2. The van der Waals surface area contributed by atoms with Gasteiger partial charge in [-0.2, -0.15) is 0 Å². The Labute approximate surface area is 614 Å². The number of esters is 3. The lowest BCUT2D eigenvalue weighted by Crippen LogP contribution is -2.30. The van der Waals surface area contributed by atoms with Crippen LogP contribution in [0.1, 0.15) is 316 Å². The molecule has 0 aromatic carbocycles. The Morgan fingerprint density at radius 2 is 0.525 bits per heavy atom. The molecule has 4 N–H and O–H groups in total. The molecule has 0 fully saturated rings. The first-order chi connectivity index (χ1) is 49.2. The average molecular weight is 1460 g/mol. The molecule has 0 aromatic rings. The summed E-state index contributed by atoms with van der Waals surface area (Å²) in [6, 6.07) is 0. The molecule has 0 rings (SSSR count). The molecule has 0 aliphatic heterocycles. The van der Waals surface area contributed by atoms with Crippen molar-refractivity contribution in [3.8, 4) is 0 Å². The molecule has 101 heavy (non-hydrogen) atoms. The molecular weight excluding hydrogens is 1310 g/mol. The Bertz CT molecular complexity index is 2370. The second-order valence-corrected chi connectivity index (χ2v) is 29.0. The smallest absolute Gasteiger partial charge is 0.463 e. The Balaban J connectivity index is 4.61. The van der Waals surface area contributed by atoms with Crippen LogP contribution < -0.4 is 0 Å². The predicted octanol–water partition coefficient (Wildman–Crippen LogP) is 23.1. The largest absolute Gasteiger partial charge is 0.472 e. The van der Waals surface area contributed by atoms with Gasteiger partial charge in [-0.1, -0.05) is 289 Å². The molecule has 16 nitrogen and oxygen atoms in total. The first-order valence-electron chi connectivity index (χ1n) is 39.5. The van der Waals surface area contributed by atoms with Crippen LogP contribution >= 0.6 is 15.6 Å². The summed E-state index contributed by atoms with van der Waals surface area (Å²) in [5.74, 6) is -1.60. The van der Waals surface area contributed by atoms with Gasteiger partial charge in [-0.25, -0.2) is 9.13 Å². The summed E-state index contributed by atoms with van der Waals surface area (Å²) < 4.78 is 61.1. The highest BCUT2D eigenvalue weighted by atomic mass is 31.2. The fourth-order valence-corrected chi connectivity index (χ4v) is 11.9. The number of carbonyl (C=O) groups is 3. The lowest BCUT2D eigenvalue weighted by molar-refractivity contribution is -0.161. The molecule has 0 aliphatic rings. The number of ether oxygens (including phenoxy) is 3. The molecule has 0 saturated carbocycles. The van der Waals surface area contributed by atoms with Crippen molar-refractivity contribution < 1.29 is 75.8 Å². The van der Waals surface area contributed by atoms with Crippen molar-refractivity contribution in [1.29, 1.82) is 0 Å². The second kappa shape index (κ2) is 75.4. The third-order valence-corrected chi connectivity index (χ3v) is 18.2. The van der Waals surface area contributed by atoms with E-state index in [1.54, 1.807) is 0 Å². The van der Waals surface area contributed by atoms with Gasteiger partial charge in [0.25, 0.3) is 0 Å². The number of hydrogen-bond acceptors (Lipinski definition) is 14. The summed E-state index contributed by atoms with van der Waals surface area (Å²) in [5.41, 5.74) is 0. The molecule has 0 aliphatic carbocycles. The van der Waals surface area contributed by atoms with E-state index < -0.39 is 91.5 Å². The zero-order valence-corrected chi connectivity index (χ0v) is 65.1. The monoisotopic (exact) mass is 1460 g/mol. The Kier molecular flexibility index (Phi) is 72.2. The highest BCUT2D eigenvalue weighted by molar-refractivity contribution is 7.47. The minimum Gasteiger partial charge on any atom is -0.463 e. The van der Waals surface area contributed by atoms with E-state index in [1.807, 2.05) is 0 Å². The molecule has 18 heteroatoms. The number of unbranched alkanes of at least 4 members (excludes halogenated alkanes) is 29. The van der Waals surface area contributed by atoms with E-state index in [0.29, 0.717) is 19.3 Å². The summed E-state index contributed by atoms with van der Waals surface area (Å²) in [6.45, 7) is 2.49. The van der Waals surface area contributed by atoms with Crippen LogP contribution in [0.25, 0.3) is 0 Å². The minimum absolute atomic E-state index is 0.0847. The van der Waals surface area contributed by atoms with Crippen LogP contribution in [0.15, 0.2) is 134 Å². The minimum atomic E-state index is -4.94. The molecule has 0 heterocycles. The lowest BCUT2D eigenvalue weighted by Gasteiger charge is -2.21. The van der Waals surface area contributed by atoms with Crippen molar-refractivity contribution in [3.05, 3.63) is 134 Å². The SMILES string of the molecule is CC/C=C\C/C=C\C/C=C\C/C=C\C/C=C\CCCCCCCCCCCC(=O)OCC(O)COP(=O)(O)OCC(O)COP(=O)(O)OCC(COC(=O)CCCCCCCCCCC/C=C\C/C=C\C/C=C\C/C=C\CCCCC)OC(=O)CCCCCCC/C=C\C/C=C\CCCCC. The fourth-order valence-electron chi connectivity index (χ4n) is 10.3. The van der Waals surface area contributed by atoms with E-state index in [-0.39, 0.29) is 19.3 Å². The number of phosphoric ester groups is 2. The number of carbonyl (C=O) groups excluding carboxylic acids is 3. The van der Waals surface area contributed by atoms with Gasteiger partial charge in [0.2, 0.25) is 0 Å². The van der Waals surface area contributed by atoms with Crippen molar-refractivity contribution in [2.75, 3.05) is 39.6 Å². The van der Waals surface area contributed by atoms with Gasteiger partial charge >= 0.3 is 33.6 Å². The number of aliphatic hydroxyl groups is 2. The van der Waals surface area contributed by atoms with Gasteiger partial charge in [0.1, 0.15) is 25.4 Å². The van der Waals surface area contributed by atoms with Crippen molar-refractivity contribution in [3.63, 3.8) is 0 Å². The zero-order valence-electron chi connectivity index (χ0n) is 63.3. The molecule has 0 aromatic heterocycles. The van der Waals surface area contributed by atoms with E-state index in [0.717, 1.165) is 161 Å². The molecule has 0 spiro atoms. The van der Waals surface area contributed by atoms with Gasteiger partial charge < -0.3 is 34.2 Å². The van der Waals surface area contributed by atoms with E-state index in [2.05, 4.69) is 154 Å². The molecule has 0 bridgehead atoms. The van der Waals surface area contributed by atoms with Gasteiger partial charge in [0, 0.05) is 19.3 Å². The molecule has 0 radical (unpaired) electrons. The maximum Gasteiger partial charge on any atom is 0.472 e. The molecule has 5 atom stereocenters. The highest BCUT2D eigenvalue weighted by Crippen LogP contribution is 2.45. The number of phosphoric acid groups is 2. The Morgan fingerprint density at radius 1 is 0.287 bits per heavy atom. The van der Waals surface area contributed by atoms with Crippen LogP contribution in [0.3, 0.4) is 0 Å². The number of hydrogen-bond donors (Lipinski definition) is 4. The van der Waals surface area contributed by atoms with Crippen molar-refractivity contribution in [2.24, 2.45) is 0 Å². The lowest BCUT2D eigenvalue weighted by atomic mass is 10.1. The zero-order chi connectivity index (χ0) is 73.7. The second-order valence-electron chi connectivity index (χ2n) is 26.1. The molecular formula is C83H142O16P2. The Hall–Kier alpha value is -4.31. The van der Waals surface area contributed by atoms with Crippen LogP contribution in [0.5, 0.6) is 0 Å². The van der Waals surface area contributed by atoms with Crippen LogP contribution in [0.2, 0.25) is 0 Å². The van der Waals surface area contributed by atoms with E-state index in [4.69, 9.17) is 32.3 Å². The van der Waals surface area contributed by atoms with Gasteiger partial charge in [0.05, 0.1) is 26.4 Å². The maximum absolute atomic E-state index is 13.0. The standard InChI is InChI=1S/C83H142O16P2/c1-4-7-10-13-16-19-22-25-28-30-32-34-36-38-40-42-44-46-49-51-54-57-60-63-66-69-81(86)93-72-78(84)73-95-100(89,90)96-74-79(85)75-97-101(91,92)98-77-80(99-83(88)71-68-65-62-59-56-53-48-27-24-21-18-15-12-9-6-3)76-94-82(87)70-67-64-61-58-55-52-50-47-45-43-41-39-37-35-33-31-29-26-23-20-17-14-11-8-5-2/h7,10,16-21,25-29,32-35,38-41,48,78-80,84-85H,4-6,8-9,11-15,22-24,30-31,36-37,42-47,49-77H2,1-3H3,(H,89,90)(H,91,92)/b10-7-,19-16-,20-17-,21-18-,28-25-,29-26-,34-32-,35-33-,40-38-,41-39-,48-27-. The normalized spacial score (nSPS) is 14.7. The summed E-state index contributed by atoms with van der Waals surface area (Å²) >= 11 is 0. The molecule has 580 valence electrons. The first-order valence-corrected chi connectivity index (χ1v) is 42.5. The third kappa shape index (κ3) is 76.6. The van der Waals surface area contributed by atoms with Crippen LogP contribution in [0.4, 0.5) is 0 Å². The summed E-state index contributed by atoms with van der Waals surface area (Å²) in [6.07, 6.45) is 90.6. The Morgan fingerprint density at radius 3 is 0.832 bits per heavy atom. The quantitative estimate of drug-likeness (QED) is 0.0146. The predicted molar refractivity (Wildman–Crippen MR) is 417 cm³/mol. The van der Waals surface area contributed by atoms with Gasteiger partial charge in [-0.15, -0.1) is 0 Å². The highest BCUT2D eigenvalue weighted by Gasteiger charge is 2.29. The van der Waals surface area contributed by atoms with Crippen molar-refractivity contribution in [2.45, 2.75) is 334 Å². The summed E-state index contributed by atoms with van der Waals surface area (Å²) in [4.78, 5) is 58.7. The van der Waals surface area contributed by atoms with E-state index in [9.17, 15) is 43.5 Å². The topological polar surface area (TPSA) is 231 Å². The van der Waals surface area contributed by atoms with Crippen LogP contribution in [-0.4, -0.2) is 95.9 Å². The van der Waals surface area contributed by atoms with Gasteiger partial charge in [-0.3, -0.25) is 32.5 Å². The van der Waals surface area contributed by atoms with Crippen molar-refractivity contribution in [1.82, 2.24) is 0 Å². The molecule has 0 amide bonds. The van der Waals surface area contributed by atoms with Gasteiger partial charge in [-0.05, 0) is 141 Å². The molecule has 5 unspecified atom stereocenters. The van der Waals surface area contributed by atoms with Crippen LogP contribution in [0, 0.1) is 0 Å². The maximum atomic E-state index is 13.0. The fraction of sp³-hybridized carbons (Fsp3) is 0.699. The third-order valence-electron chi connectivity index (χ3n) is 16.3. The van der Waals surface area contributed by atoms with E-state index >= 15 is 0 Å². The van der Waals surface area contributed by atoms with Crippen molar-refractivity contribution >= 4 is 33.6 Å². The average Bonchev–Trinajstić information content (AvgIpc) is 1.19. The first kappa shape index (κ1) is 96.7. The van der Waals surface area contributed by atoms with Gasteiger partial charge in [0.15, 0.2) is 6.10 Å². The number of allylic oxidation sites excluding steroid dienone is 22. The molecule has 0 saturated heterocycles. The summed E-state index contributed by atoms with van der Waals surface area (Å²) in [5, 5.41) is 20.6. The number of rotatable bonds is 74. The van der Waals surface area contributed by atoms with Crippen LogP contribution in [-0.2, 0) is 55.8 Å².